The van der Waals surface area contributed by atoms with Crippen molar-refractivity contribution >= 4 is 5.82 Å². The van der Waals surface area contributed by atoms with E-state index >= 15 is 0 Å². The van der Waals surface area contributed by atoms with Crippen molar-refractivity contribution in [1.82, 2.24) is 19.6 Å². The van der Waals surface area contributed by atoms with E-state index in [4.69, 9.17) is 5.73 Å². The summed E-state index contributed by atoms with van der Waals surface area (Å²) in [6, 6.07) is 3.73. The zero-order valence-electron chi connectivity index (χ0n) is 7.38. The van der Waals surface area contributed by atoms with Crippen LogP contribution >= 0.6 is 0 Å². The van der Waals surface area contributed by atoms with E-state index in [9.17, 15) is 0 Å². The second kappa shape index (κ2) is 2.93. The number of nitrogens with zero attached hydrogens (tertiary/aromatic N) is 4. The van der Waals surface area contributed by atoms with Gasteiger partial charge in [0.2, 0.25) is 0 Å². The average Bonchev–Trinajstić information content (AvgIpc) is 2.64. The summed E-state index contributed by atoms with van der Waals surface area (Å²) in [5.41, 5.74) is 6.56. The van der Waals surface area contributed by atoms with Crippen LogP contribution in [-0.4, -0.2) is 19.6 Å². The molecule has 2 heterocycles. The maximum atomic E-state index is 5.64. The maximum Gasteiger partial charge on any atom is 0.121 e. The first-order valence-corrected chi connectivity index (χ1v) is 4.01. The average molecular weight is 177 g/mol. The lowest BCUT2D eigenvalue weighted by Gasteiger charge is -1.95. The second-order valence-corrected chi connectivity index (χ2v) is 2.89. The fraction of sp³-hybridized carbons (Fsp3) is 0.250. The summed E-state index contributed by atoms with van der Waals surface area (Å²) in [5.74, 6) is 0.669. The Balaban J connectivity index is 2.19. The molecule has 2 rings (SSSR count). The third kappa shape index (κ3) is 1.53. The van der Waals surface area contributed by atoms with Gasteiger partial charge in [0.15, 0.2) is 0 Å². The van der Waals surface area contributed by atoms with Crippen molar-refractivity contribution in [3.63, 3.8) is 0 Å². The summed E-state index contributed by atoms with van der Waals surface area (Å²) < 4.78 is 3.46. The number of aromatic nitrogens is 4. The van der Waals surface area contributed by atoms with E-state index in [-0.39, 0.29) is 0 Å². The van der Waals surface area contributed by atoms with Gasteiger partial charge in [-0.15, -0.1) is 0 Å². The van der Waals surface area contributed by atoms with Crippen LogP contribution in [0.3, 0.4) is 0 Å². The van der Waals surface area contributed by atoms with Crippen molar-refractivity contribution in [2.24, 2.45) is 7.05 Å². The molecule has 5 heteroatoms. The monoisotopic (exact) mass is 177 g/mol. The standard InChI is InChI=1S/C8H11N5/c1-12-8(9)5-7(11-12)6-13-4-2-3-10-13/h2-5H,6,9H2,1H3. The van der Waals surface area contributed by atoms with Crippen molar-refractivity contribution in [3.8, 4) is 0 Å². The van der Waals surface area contributed by atoms with Gasteiger partial charge < -0.3 is 5.73 Å². The molecule has 13 heavy (non-hydrogen) atoms. The van der Waals surface area contributed by atoms with Gasteiger partial charge in [0.1, 0.15) is 5.82 Å². The lowest BCUT2D eigenvalue weighted by atomic mass is 10.4. The van der Waals surface area contributed by atoms with E-state index in [0.717, 1.165) is 5.69 Å². The van der Waals surface area contributed by atoms with Crippen LogP contribution in [0.1, 0.15) is 5.69 Å². The van der Waals surface area contributed by atoms with Crippen LogP contribution in [0.5, 0.6) is 0 Å². The molecular weight excluding hydrogens is 166 g/mol. The molecule has 0 spiro atoms. The SMILES string of the molecule is Cn1nc(Cn2cccn2)cc1N. The van der Waals surface area contributed by atoms with Crippen LogP contribution in [0.4, 0.5) is 5.82 Å². The zero-order valence-corrected chi connectivity index (χ0v) is 7.38. The Bertz CT molecular complexity index is 367. The summed E-state index contributed by atoms with van der Waals surface area (Å²) in [6.45, 7) is 0.665. The van der Waals surface area contributed by atoms with E-state index < -0.39 is 0 Å². The first-order chi connectivity index (χ1) is 6.25. The molecule has 0 bridgehead atoms. The Morgan fingerprint density at radius 2 is 2.38 bits per heavy atom. The molecule has 0 saturated heterocycles. The summed E-state index contributed by atoms with van der Waals surface area (Å²) in [5, 5.41) is 8.29. The number of nitrogens with two attached hydrogens (primary N) is 1. The maximum absolute atomic E-state index is 5.64. The smallest absolute Gasteiger partial charge is 0.121 e. The molecule has 0 saturated carbocycles. The predicted molar refractivity (Wildman–Crippen MR) is 48.9 cm³/mol. The second-order valence-electron chi connectivity index (χ2n) is 2.89. The van der Waals surface area contributed by atoms with Gasteiger partial charge in [0.05, 0.1) is 12.2 Å². The first-order valence-electron chi connectivity index (χ1n) is 4.01. The minimum absolute atomic E-state index is 0.665. The number of nitrogen functional groups attached to an aromatic ring is 1. The van der Waals surface area contributed by atoms with Crippen molar-refractivity contribution in [3.05, 3.63) is 30.2 Å². The fourth-order valence-corrected chi connectivity index (χ4v) is 1.18. The molecule has 0 aliphatic heterocycles. The molecule has 68 valence electrons. The van der Waals surface area contributed by atoms with Crippen LogP contribution in [0.25, 0.3) is 0 Å². The van der Waals surface area contributed by atoms with Crippen molar-refractivity contribution in [1.29, 1.82) is 0 Å². The molecule has 2 N–H and O–H groups in total. The van der Waals surface area contributed by atoms with E-state index in [1.54, 1.807) is 10.9 Å². The highest BCUT2D eigenvalue weighted by Crippen LogP contribution is 2.05. The molecule has 2 aromatic heterocycles. The van der Waals surface area contributed by atoms with Crippen LogP contribution < -0.4 is 5.73 Å². The zero-order chi connectivity index (χ0) is 9.26. The minimum atomic E-state index is 0.665. The van der Waals surface area contributed by atoms with Gasteiger partial charge in [-0.1, -0.05) is 0 Å². The quantitative estimate of drug-likeness (QED) is 0.715. The number of anilines is 1. The highest BCUT2D eigenvalue weighted by Gasteiger charge is 2.01. The number of hydrogen-bond acceptors (Lipinski definition) is 3. The molecule has 0 radical (unpaired) electrons. The minimum Gasteiger partial charge on any atom is -0.384 e. The molecule has 0 aromatic carbocycles. The van der Waals surface area contributed by atoms with Gasteiger partial charge in [-0.2, -0.15) is 10.2 Å². The van der Waals surface area contributed by atoms with E-state index in [0.29, 0.717) is 12.4 Å². The van der Waals surface area contributed by atoms with Crippen molar-refractivity contribution in [2.45, 2.75) is 6.54 Å². The summed E-state index contributed by atoms with van der Waals surface area (Å²) in [6.07, 6.45) is 3.64. The van der Waals surface area contributed by atoms with Crippen molar-refractivity contribution < 1.29 is 0 Å². The predicted octanol–water partition coefficient (Wildman–Crippen LogP) is 0.247. The first kappa shape index (κ1) is 7.85. The van der Waals surface area contributed by atoms with E-state index in [2.05, 4.69) is 10.2 Å². The highest BCUT2D eigenvalue weighted by atomic mass is 15.3. The summed E-state index contributed by atoms with van der Waals surface area (Å²) in [7, 11) is 1.82. The lowest BCUT2D eigenvalue weighted by molar-refractivity contribution is 0.651. The molecule has 5 nitrogen and oxygen atoms in total. The van der Waals surface area contributed by atoms with Crippen molar-refractivity contribution in [2.75, 3.05) is 5.73 Å². The van der Waals surface area contributed by atoms with Crippen LogP contribution in [0, 0.1) is 0 Å². The van der Waals surface area contributed by atoms with Gasteiger partial charge in [-0.3, -0.25) is 9.36 Å². The summed E-state index contributed by atoms with van der Waals surface area (Å²) in [4.78, 5) is 0. The van der Waals surface area contributed by atoms with Crippen LogP contribution in [0.15, 0.2) is 24.5 Å². The van der Waals surface area contributed by atoms with Crippen LogP contribution in [-0.2, 0) is 13.6 Å². The molecule has 0 fully saturated rings. The van der Waals surface area contributed by atoms with Gasteiger partial charge in [0.25, 0.3) is 0 Å². The van der Waals surface area contributed by atoms with E-state index in [1.807, 2.05) is 30.1 Å². The highest BCUT2D eigenvalue weighted by molar-refractivity contribution is 5.30. The topological polar surface area (TPSA) is 61.7 Å². The molecule has 0 aliphatic rings. The van der Waals surface area contributed by atoms with E-state index in [1.165, 1.54) is 0 Å². The summed E-state index contributed by atoms with van der Waals surface area (Å²) >= 11 is 0. The number of aryl methyl sites for hydroxylation is 1. The molecule has 0 atom stereocenters. The lowest BCUT2D eigenvalue weighted by Crippen LogP contribution is -2.01. The Kier molecular flexibility index (Phi) is 1.77. The van der Waals surface area contributed by atoms with Gasteiger partial charge in [-0.25, -0.2) is 0 Å². The largest absolute Gasteiger partial charge is 0.384 e. The van der Waals surface area contributed by atoms with Gasteiger partial charge >= 0.3 is 0 Å². The fourth-order valence-electron chi connectivity index (χ4n) is 1.18. The third-order valence-corrected chi connectivity index (χ3v) is 1.85. The van der Waals surface area contributed by atoms with Gasteiger partial charge in [-0.05, 0) is 6.07 Å². The van der Waals surface area contributed by atoms with Crippen LogP contribution in [0.2, 0.25) is 0 Å². The third-order valence-electron chi connectivity index (χ3n) is 1.85. The Morgan fingerprint density at radius 3 is 2.92 bits per heavy atom. The molecule has 0 unspecified atom stereocenters. The molecular formula is C8H11N5. The number of hydrogen-bond donors (Lipinski definition) is 1. The Morgan fingerprint density at radius 1 is 1.54 bits per heavy atom. The molecule has 0 amide bonds. The number of rotatable bonds is 2. The van der Waals surface area contributed by atoms with Gasteiger partial charge in [0, 0.05) is 25.5 Å². The Hall–Kier alpha value is -1.78. The normalized spacial score (nSPS) is 10.5. The molecule has 0 aliphatic carbocycles. The Labute approximate surface area is 75.8 Å². The molecule has 2 aromatic rings.